The summed E-state index contributed by atoms with van der Waals surface area (Å²) in [5, 5.41) is 17.2. The lowest BCUT2D eigenvalue weighted by atomic mass is 10.1. The lowest BCUT2D eigenvalue weighted by Crippen LogP contribution is -2.55. The van der Waals surface area contributed by atoms with E-state index in [-0.39, 0.29) is 6.61 Å². The van der Waals surface area contributed by atoms with E-state index in [1.165, 1.54) is 0 Å². The fourth-order valence-corrected chi connectivity index (χ4v) is 0.454. The van der Waals surface area contributed by atoms with Gasteiger partial charge in [0.25, 0.3) is 0 Å². The molecule has 0 heterocycles. The molecule has 0 atom stereocenters. The first-order valence-electron chi connectivity index (χ1n) is 3.28. The van der Waals surface area contributed by atoms with E-state index in [4.69, 9.17) is 15.9 Å². The molecule has 0 fully saturated rings. The Hall–Kier alpha value is -0.650. The minimum atomic E-state index is -1.66. The molecule has 0 aliphatic carbocycles. The molecule has 0 amide bonds. The second-order valence-electron chi connectivity index (χ2n) is 2.19. The summed E-state index contributed by atoms with van der Waals surface area (Å²) < 4.78 is 4.50. The fraction of sp³-hybridized carbons (Fsp3) is 0.833. The predicted octanol–water partition coefficient (Wildman–Crippen LogP) is -1.77. The second kappa shape index (κ2) is 4.27. The maximum atomic E-state index is 10.9. The molecule has 5 heteroatoms. The number of ether oxygens (including phenoxy) is 1. The third kappa shape index (κ3) is 2.45. The maximum Gasteiger partial charge on any atom is 0.330 e. The zero-order valence-electron chi connectivity index (χ0n) is 6.41. The normalized spacial score (nSPS) is 11.3. The number of carbonyl (C=O) groups excluding carboxylic acids is 1. The first-order chi connectivity index (χ1) is 5.10. The van der Waals surface area contributed by atoms with Gasteiger partial charge in [0, 0.05) is 0 Å². The summed E-state index contributed by atoms with van der Waals surface area (Å²) in [6, 6.07) is 0. The quantitative estimate of drug-likeness (QED) is 0.426. The van der Waals surface area contributed by atoms with Gasteiger partial charge in [0.05, 0.1) is 19.8 Å². The number of aliphatic hydroxyl groups is 2. The van der Waals surface area contributed by atoms with Crippen LogP contribution < -0.4 is 5.73 Å². The zero-order chi connectivity index (χ0) is 8.91. The van der Waals surface area contributed by atoms with Gasteiger partial charge in [-0.3, -0.25) is 0 Å². The molecule has 0 aliphatic rings. The number of nitrogens with two attached hydrogens (primary N) is 1. The summed E-state index contributed by atoms with van der Waals surface area (Å²) >= 11 is 0. The van der Waals surface area contributed by atoms with Gasteiger partial charge in [0.15, 0.2) is 5.54 Å². The molecule has 5 nitrogen and oxygen atoms in total. The number of carbonyl (C=O) groups is 1. The summed E-state index contributed by atoms with van der Waals surface area (Å²) in [6.45, 7) is 0.551. The van der Waals surface area contributed by atoms with Crippen molar-refractivity contribution in [1.82, 2.24) is 0 Å². The van der Waals surface area contributed by atoms with E-state index in [0.717, 1.165) is 0 Å². The van der Waals surface area contributed by atoms with E-state index in [0.29, 0.717) is 0 Å². The number of rotatable bonds is 4. The molecule has 4 N–H and O–H groups in total. The van der Waals surface area contributed by atoms with Crippen molar-refractivity contribution in [3.8, 4) is 0 Å². The van der Waals surface area contributed by atoms with Crippen LogP contribution in [0, 0.1) is 0 Å². The molecular weight excluding hydrogens is 150 g/mol. The van der Waals surface area contributed by atoms with E-state index in [1.807, 2.05) is 0 Å². The van der Waals surface area contributed by atoms with Crippen molar-refractivity contribution in [2.75, 3.05) is 19.8 Å². The third-order valence-electron chi connectivity index (χ3n) is 1.25. The van der Waals surface area contributed by atoms with Gasteiger partial charge in [0.2, 0.25) is 0 Å². The molecule has 66 valence electrons. The largest absolute Gasteiger partial charge is 0.464 e. The predicted molar refractivity (Wildman–Crippen MR) is 37.7 cm³/mol. The van der Waals surface area contributed by atoms with Crippen LogP contribution in [0.15, 0.2) is 0 Å². The third-order valence-corrected chi connectivity index (χ3v) is 1.25. The average Bonchev–Trinajstić information content (AvgIpc) is 2.03. The van der Waals surface area contributed by atoms with Crippen molar-refractivity contribution in [2.45, 2.75) is 12.5 Å². The Bertz CT molecular complexity index is 133. The van der Waals surface area contributed by atoms with Crippen molar-refractivity contribution < 1.29 is 19.7 Å². The zero-order valence-corrected chi connectivity index (χ0v) is 6.41. The molecule has 0 aromatic carbocycles. The van der Waals surface area contributed by atoms with Crippen LogP contribution in [-0.4, -0.2) is 41.5 Å². The van der Waals surface area contributed by atoms with Crippen LogP contribution in [0.1, 0.15) is 6.92 Å². The smallest absolute Gasteiger partial charge is 0.330 e. The van der Waals surface area contributed by atoms with Crippen molar-refractivity contribution in [3.63, 3.8) is 0 Å². The number of hydrogen-bond acceptors (Lipinski definition) is 5. The fourth-order valence-electron chi connectivity index (χ4n) is 0.454. The first-order valence-corrected chi connectivity index (χ1v) is 3.28. The molecule has 0 radical (unpaired) electrons. The Morgan fingerprint density at radius 2 is 2.00 bits per heavy atom. The summed E-state index contributed by atoms with van der Waals surface area (Å²) in [6.07, 6.45) is 0. The van der Waals surface area contributed by atoms with Crippen molar-refractivity contribution in [1.29, 1.82) is 0 Å². The average molecular weight is 163 g/mol. The lowest BCUT2D eigenvalue weighted by Gasteiger charge is -2.21. The molecule has 0 saturated heterocycles. The van der Waals surface area contributed by atoms with Crippen LogP contribution >= 0.6 is 0 Å². The molecular formula is C6H13NO4. The molecule has 0 unspecified atom stereocenters. The topological polar surface area (TPSA) is 92.8 Å². The standard InChI is InChI=1S/C6H13NO4/c1-2-11-5(10)6(7,3-8)4-9/h8-9H,2-4,7H2,1H3. The Labute approximate surface area is 64.8 Å². The highest BCUT2D eigenvalue weighted by molar-refractivity contribution is 5.80. The number of aliphatic hydroxyl groups excluding tert-OH is 2. The maximum absolute atomic E-state index is 10.9. The van der Waals surface area contributed by atoms with Crippen LogP contribution in [-0.2, 0) is 9.53 Å². The van der Waals surface area contributed by atoms with Crippen LogP contribution in [0.2, 0.25) is 0 Å². The Morgan fingerprint density at radius 1 is 1.55 bits per heavy atom. The van der Waals surface area contributed by atoms with E-state index in [2.05, 4.69) is 4.74 Å². The van der Waals surface area contributed by atoms with E-state index < -0.39 is 24.7 Å². The minimum absolute atomic E-state index is 0.178. The minimum Gasteiger partial charge on any atom is -0.464 e. The summed E-state index contributed by atoms with van der Waals surface area (Å²) in [5.74, 6) is -0.787. The number of esters is 1. The van der Waals surface area contributed by atoms with Crippen LogP contribution in [0.3, 0.4) is 0 Å². The summed E-state index contributed by atoms with van der Waals surface area (Å²) in [7, 11) is 0. The van der Waals surface area contributed by atoms with E-state index >= 15 is 0 Å². The first kappa shape index (κ1) is 10.3. The van der Waals surface area contributed by atoms with Crippen molar-refractivity contribution >= 4 is 5.97 Å². The highest BCUT2D eigenvalue weighted by Crippen LogP contribution is 2.00. The molecule has 0 aromatic rings. The molecule has 0 rings (SSSR count). The van der Waals surface area contributed by atoms with Gasteiger partial charge in [-0.1, -0.05) is 0 Å². The number of hydrogen-bond donors (Lipinski definition) is 3. The highest BCUT2D eigenvalue weighted by atomic mass is 16.5. The molecule has 0 spiro atoms. The Balaban J connectivity index is 4.12. The SMILES string of the molecule is CCOC(=O)C(N)(CO)CO. The monoisotopic (exact) mass is 163 g/mol. The van der Waals surface area contributed by atoms with Gasteiger partial charge in [-0.2, -0.15) is 0 Å². The van der Waals surface area contributed by atoms with Gasteiger partial charge < -0.3 is 20.7 Å². The van der Waals surface area contributed by atoms with Crippen LogP contribution in [0.4, 0.5) is 0 Å². The van der Waals surface area contributed by atoms with Gasteiger partial charge in [-0.05, 0) is 6.92 Å². The van der Waals surface area contributed by atoms with Crippen LogP contribution in [0.25, 0.3) is 0 Å². The summed E-state index contributed by atoms with van der Waals surface area (Å²) in [4.78, 5) is 10.9. The highest BCUT2D eigenvalue weighted by Gasteiger charge is 2.34. The van der Waals surface area contributed by atoms with Gasteiger partial charge >= 0.3 is 5.97 Å². The van der Waals surface area contributed by atoms with Gasteiger partial charge in [-0.15, -0.1) is 0 Å². The molecule has 0 aliphatic heterocycles. The van der Waals surface area contributed by atoms with Gasteiger partial charge in [-0.25, -0.2) is 4.79 Å². The Kier molecular flexibility index (Phi) is 4.02. The second-order valence-corrected chi connectivity index (χ2v) is 2.19. The molecule has 0 saturated carbocycles. The summed E-state index contributed by atoms with van der Waals surface area (Å²) in [5.41, 5.74) is 3.59. The van der Waals surface area contributed by atoms with Crippen molar-refractivity contribution in [2.24, 2.45) is 5.73 Å². The van der Waals surface area contributed by atoms with Crippen molar-refractivity contribution in [3.05, 3.63) is 0 Å². The van der Waals surface area contributed by atoms with E-state index in [1.54, 1.807) is 6.92 Å². The molecule has 11 heavy (non-hydrogen) atoms. The molecule has 0 bridgehead atoms. The molecule has 0 aromatic heterocycles. The van der Waals surface area contributed by atoms with E-state index in [9.17, 15) is 4.79 Å². The van der Waals surface area contributed by atoms with Crippen LogP contribution in [0.5, 0.6) is 0 Å². The Morgan fingerprint density at radius 3 is 2.27 bits per heavy atom. The lowest BCUT2D eigenvalue weighted by molar-refractivity contribution is -0.153. The van der Waals surface area contributed by atoms with Gasteiger partial charge in [0.1, 0.15) is 0 Å².